The van der Waals surface area contributed by atoms with Gasteiger partial charge in [0.05, 0.1) is 13.7 Å². The van der Waals surface area contributed by atoms with E-state index in [0.29, 0.717) is 19.1 Å². The molecule has 0 aliphatic carbocycles. The Bertz CT molecular complexity index is 477. The maximum Gasteiger partial charge on any atom is 0.234 e. The lowest BCUT2D eigenvalue weighted by atomic mass is 10.00. The quantitative estimate of drug-likeness (QED) is 0.802. The second kappa shape index (κ2) is 8.76. The predicted octanol–water partition coefficient (Wildman–Crippen LogP) is 1.55. The molecule has 0 bridgehead atoms. The fourth-order valence-electron chi connectivity index (χ4n) is 3.03. The smallest absolute Gasteiger partial charge is 0.234 e. The van der Waals surface area contributed by atoms with Crippen molar-refractivity contribution in [1.29, 1.82) is 0 Å². The molecule has 5 heteroatoms. The molecule has 5 nitrogen and oxygen atoms in total. The number of likely N-dealkylation sites (tertiary alicyclic amines) is 1. The van der Waals surface area contributed by atoms with Gasteiger partial charge in [0.1, 0.15) is 5.75 Å². The number of carbonyl (C=O) groups excluding carboxylic acids is 1. The summed E-state index contributed by atoms with van der Waals surface area (Å²) in [6, 6.07) is 8.03. The molecule has 122 valence electrons. The molecular weight excluding hydrogens is 280 g/mol. The first-order valence-corrected chi connectivity index (χ1v) is 7.98. The number of hydrogen-bond donors (Lipinski definition) is 2. The molecule has 22 heavy (non-hydrogen) atoms. The minimum atomic E-state index is 0.0238. The second-order valence-corrected chi connectivity index (χ2v) is 5.72. The number of hydrogen-bond acceptors (Lipinski definition) is 4. The van der Waals surface area contributed by atoms with Crippen LogP contribution in [0.4, 0.5) is 0 Å². The van der Waals surface area contributed by atoms with E-state index in [1.54, 1.807) is 7.11 Å². The summed E-state index contributed by atoms with van der Waals surface area (Å²) in [5.41, 5.74) is 0.976. The van der Waals surface area contributed by atoms with E-state index in [-0.39, 0.29) is 12.5 Å². The van der Waals surface area contributed by atoms with Crippen molar-refractivity contribution in [3.63, 3.8) is 0 Å². The number of methoxy groups -OCH3 is 1. The van der Waals surface area contributed by atoms with Gasteiger partial charge in [-0.15, -0.1) is 0 Å². The van der Waals surface area contributed by atoms with Crippen LogP contribution in [0.25, 0.3) is 0 Å². The van der Waals surface area contributed by atoms with Gasteiger partial charge in [-0.3, -0.25) is 9.69 Å². The first-order chi connectivity index (χ1) is 10.7. The summed E-state index contributed by atoms with van der Waals surface area (Å²) in [5.74, 6) is 0.815. The van der Waals surface area contributed by atoms with Crippen molar-refractivity contribution < 1.29 is 14.6 Å². The van der Waals surface area contributed by atoms with Crippen LogP contribution in [0.5, 0.6) is 5.75 Å². The van der Waals surface area contributed by atoms with Crippen LogP contribution in [0.1, 0.15) is 31.2 Å². The van der Waals surface area contributed by atoms with Gasteiger partial charge in [-0.1, -0.05) is 24.6 Å². The maximum atomic E-state index is 12.2. The number of aliphatic hydroxyl groups excluding tert-OH is 1. The number of aliphatic hydroxyl groups is 1. The average molecular weight is 306 g/mol. The Morgan fingerprint density at radius 3 is 3.00 bits per heavy atom. The molecule has 1 saturated heterocycles. The van der Waals surface area contributed by atoms with Crippen molar-refractivity contribution in [2.45, 2.75) is 38.3 Å². The lowest BCUT2D eigenvalue weighted by molar-refractivity contribution is -0.123. The van der Waals surface area contributed by atoms with Crippen LogP contribution in [0.2, 0.25) is 0 Å². The molecule has 1 amide bonds. The summed E-state index contributed by atoms with van der Waals surface area (Å²) in [5, 5.41) is 12.1. The molecule has 2 rings (SSSR count). The zero-order valence-corrected chi connectivity index (χ0v) is 13.3. The van der Waals surface area contributed by atoms with Gasteiger partial charge in [-0.25, -0.2) is 0 Å². The lowest BCUT2D eigenvalue weighted by Crippen LogP contribution is -2.45. The number of nitrogens with zero attached hydrogens (tertiary/aromatic N) is 1. The predicted molar refractivity (Wildman–Crippen MR) is 85.8 cm³/mol. The number of carbonyl (C=O) groups is 1. The van der Waals surface area contributed by atoms with Crippen molar-refractivity contribution in [3.8, 4) is 5.75 Å². The van der Waals surface area contributed by atoms with Crippen LogP contribution >= 0.6 is 0 Å². The van der Waals surface area contributed by atoms with Crippen molar-refractivity contribution in [3.05, 3.63) is 29.8 Å². The highest BCUT2D eigenvalue weighted by atomic mass is 16.5. The van der Waals surface area contributed by atoms with E-state index in [1.807, 2.05) is 24.3 Å². The molecule has 1 aromatic carbocycles. The number of rotatable bonds is 7. The molecule has 1 unspecified atom stereocenters. The molecule has 2 N–H and O–H groups in total. The summed E-state index contributed by atoms with van der Waals surface area (Å²) in [6.45, 7) is 2.00. The van der Waals surface area contributed by atoms with E-state index in [1.165, 1.54) is 6.42 Å². The second-order valence-electron chi connectivity index (χ2n) is 5.72. The summed E-state index contributed by atoms with van der Waals surface area (Å²) >= 11 is 0. The normalized spacial score (nSPS) is 18.9. The number of amides is 1. The number of ether oxygens (including phenoxy) is 1. The van der Waals surface area contributed by atoms with Gasteiger partial charge in [0.15, 0.2) is 0 Å². The molecule has 0 aromatic heterocycles. The highest BCUT2D eigenvalue weighted by molar-refractivity contribution is 5.78. The minimum Gasteiger partial charge on any atom is -0.496 e. The highest BCUT2D eigenvalue weighted by Crippen LogP contribution is 2.19. The molecule has 1 aliphatic rings. The first kappa shape index (κ1) is 16.8. The zero-order chi connectivity index (χ0) is 15.8. The van der Waals surface area contributed by atoms with Crippen LogP contribution in [0.3, 0.4) is 0 Å². The molecule has 1 aromatic rings. The lowest BCUT2D eigenvalue weighted by Gasteiger charge is -2.34. The maximum absolute atomic E-state index is 12.2. The van der Waals surface area contributed by atoms with E-state index in [9.17, 15) is 4.79 Å². The molecule has 1 heterocycles. The molecule has 0 radical (unpaired) electrons. The van der Waals surface area contributed by atoms with Crippen LogP contribution in [0.15, 0.2) is 24.3 Å². The summed E-state index contributed by atoms with van der Waals surface area (Å²) in [6.07, 6.45) is 4.13. The van der Waals surface area contributed by atoms with Crippen molar-refractivity contribution in [2.24, 2.45) is 0 Å². The van der Waals surface area contributed by atoms with Gasteiger partial charge < -0.3 is 15.2 Å². The molecule has 1 atom stereocenters. The Morgan fingerprint density at radius 1 is 1.41 bits per heavy atom. The van der Waals surface area contributed by atoms with Gasteiger partial charge in [0.25, 0.3) is 0 Å². The Kier molecular flexibility index (Phi) is 6.68. The molecule has 1 fully saturated rings. The van der Waals surface area contributed by atoms with Gasteiger partial charge in [-0.2, -0.15) is 0 Å². The molecular formula is C17H26N2O3. The Morgan fingerprint density at radius 2 is 2.23 bits per heavy atom. The van der Waals surface area contributed by atoms with Gasteiger partial charge in [-0.05, 0) is 31.9 Å². The summed E-state index contributed by atoms with van der Waals surface area (Å²) < 4.78 is 5.29. The molecule has 1 aliphatic heterocycles. The SMILES string of the molecule is COc1ccccc1CNC(=O)CN1CCCCC1CCO. The van der Waals surface area contributed by atoms with Crippen LogP contribution < -0.4 is 10.1 Å². The Balaban J connectivity index is 1.84. The molecule has 0 spiro atoms. The molecule has 0 saturated carbocycles. The van der Waals surface area contributed by atoms with Crippen molar-refractivity contribution in [1.82, 2.24) is 10.2 Å². The number of benzene rings is 1. The summed E-state index contributed by atoms with van der Waals surface area (Å²) in [4.78, 5) is 14.4. The van der Waals surface area contributed by atoms with E-state index in [4.69, 9.17) is 9.84 Å². The van der Waals surface area contributed by atoms with Crippen molar-refractivity contribution >= 4 is 5.91 Å². The Labute approximate surface area is 132 Å². The van der Waals surface area contributed by atoms with Gasteiger partial charge >= 0.3 is 0 Å². The third-order valence-electron chi connectivity index (χ3n) is 4.23. The van der Waals surface area contributed by atoms with E-state index >= 15 is 0 Å². The first-order valence-electron chi connectivity index (χ1n) is 7.98. The standard InChI is InChI=1S/C17H26N2O3/c1-22-16-8-3-2-6-14(16)12-18-17(21)13-19-10-5-4-7-15(19)9-11-20/h2-3,6,8,15,20H,4-5,7,9-13H2,1H3,(H,18,21). The minimum absolute atomic E-state index is 0.0238. The van der Waals surface area contributed by atoms with E-state index in [2.05, 4.69) is 10.2 Å². The average Bonchev–Trinajstić information content (AvgIpc) is 2.55. The highest BCUT2D eigenvalue weighted by Gasteiger charge is 2.23. The zero-order valence-electron chi connectivity index (χ0n) is 13.3. The van der Waals surface area contributed by atoms with E-state index < -0.39 is 0 Å². The number of piperidine rings is 1. The largest absolute Gasteiger partial charge is 0.496 e. The Hall–Kier alpha value is -1.59. The topological polar surface area (TPSA) is 61.8 Å². The van der Waals surface area contributed by atoms with Crippen LogP contribution in [0, 0.1) is 0 Å². The number of para-hydroxylation sites is 1. The van der Waals surface area contributed by atoms with Crippen LogP contribution in [-0.2, 0) is 11.3 Å². The fourth-order valence-corrected chi connectivity index (χ4v) is 3.03. The van der Waals surface area contributed by atoms with Crippen LogP contribution in [-0.4, -0.2) is 48.8 Å². The van der Waals surface area contributed by atoms with Gasteiger partial charge in [0.2, 0.25) is 5.91 Å². The number of nitrogens with one attached hydrogen (secondary N) is 1. The monoisotopic (exact) mass is 306 g/mol. The van der Waals surface area contributed by atoms with Gasteiger partial charge in [0, 0.05) is 24.8 Å². The fraction of sp³-hybridized carbons (Fsp3) is 0.588. The van der Waals surface area contributed by atoms with Crippen molar-refractivity contribution in [2.75, 3.05) is 26.8 Å². The third kappa shape index (κ3) is 4.71. The van der Waals surface area contributed by atoms with E-state index in [0.717, 1.165) is 37.1 Å². The summed E-state index contributed by atoms with van der Waals surface area (Å²) in [7, 11) is 1.63. The third-order valence-corrected chi connectivity index (χ3v) is 4.23.